The Morgan fingerprint density at radius 2 is 1.71 bits per heavy atom. The smallest absolute Gasteiger partial charge is 0.191 e. The summed E-state index contributed by atoms with van der Waals surface area (Å²) in [5, 5.41) is 6.24. The average Bonchev–Trinajstić information content (AvgIpc) is 2.37. The number of aliphatic imine (C=N–C) groups is 1. The molecule has 6 heteroatoms. The van der Waals surface area contributed by atoms with Crippen molar-refractivity contribution >= 4 is 15.8 Å². The maximum Gasteiger partial charge on any atom is 0.191 e. The number of sulfone groups is 1. The van der Waals surface area contributed by atoms with Gasteiger partial charge in [-0.3, -0.25) is 4.99 Å². The molecule has 0 aliphatic rings. The van der Waals surface area contributed by atoms with Crippen LogP contribution in [-0.2, 0) is 9.84 Å². The van der Waals surface area contributed by atoms with E-state index in [1.54, 1.807) is 20.8 Å². The molecule has 0 aliphatic heterocycles. The first-order chi connectivity index (χ1) is 9.74. The lowest BCUT2D eigenvalue weighted by atomic mass is 10.2. The first-order valence-corrected chi connectivity index (χ1v) is 9.64. The zero-order chi connectivity index (χ0) is 16.4. The van der Waals surface area contributed by atoms with Gasteiger partial charge in [-0.15, -0.1) is 0 Å². The lowest BCUT2D eigenvalue weighted by Gasteiger charge is -2.19. The summed E-state index contributed by atoms with van der Waals surface area (Å²) in [6, 6.07) is 0. The topological polar surface area (TPSA) is 70.6 Å². The highest BCUT2D eigenvalue weighted by Crippen LogP contribution is 2.15. The van der Waals surface area contributed by atoms with Crippen molar-refractivity contribution in [1.29, 1.82) is 0 Å². The maximum atomic E-state index is 12.0. The summed E-state index contributed by atoms with van der Waals surface area (Å²) in [6.07, 6.45) is 4.72. The fraction of sp³-hybridized carbons (Fsp3) is 0.933. The van der Waals surface area contributed by atoms with Crippen molar-refractivity contribution in [3.8, 4) is 0 Å². The van der Waals surface area contributed by atoms with Crippen LogP contribution in [0, 0.1) is 0 Å². The quantitative estimate of drug-likeness (QED) is 0.389. The maximum absolute atomic E-state index is 12.0. The molecule has 0 radical (unpaired) electrons. The second-order valence-corrected chi connectivity index (χ2v) is 9.04. The molecule has 2 N–H and O–H groups in total. The van der Waals surface area contributed by atoms with Gasteiger partial charge in [-0.05, 0) is 34.1 Å². The number of guanidine groups is 1. The molecule has 21 heavy (non-hydrogen) atoms. The largest absolute Gasteiger partial charge is 0.357 e. The monoisotopic (exact) mass is 319 g/mol. The van der Waals surface area contributed by atoms with Gasteiger partial charge in [0.2, 0.25) is 0 Å². The summed E-state index contributed by atoms with van der Waals surface area (Å²) in [5.74, 6) is 0.828. The molecule has 0 spiro atoms. The standard InChI is InChI=1S/C15H33N3O2S/c1-6-8-9-10-11-17-14(16-7-2)18-12-13-21(19,20)15(3,4)5/h6-13H2,1-5H3,(H2,16,17,18). The van der Waals surface area contributed by atoms with E-state index in [0.29, 0.717) is 12.5 Å². The van der Waals surface area contributed by atoms with Crippen molar-refractivity contribution in [3.05, 3.63) is 0 Å². The first kappa shape index (κ1) is 20.2. The molecule has 0 atom stereocenters. The Morgan fingerprint density at radius 1 is 1.05 bits per heavy atom. The van der Waals surface area contributed by atoms with Gasteiger partial charge in [0.15, 0.2) is 15.8 Å². The Morgan fingerprint density at radius 3 is 2.24 bits per heavy atom. The summed E-state index contributed by atoms with van der Waals surface area (Å²) in [6.45, 7) is 11.3. The molecule has 0 amide bonds. The molecule has 0 rings (SSSR count). The van der Waals surface area contributed by atoms with Gasteiger partial charge in [-0.2, -0.15) is 0 Å². The van der Waals surface area contributed by atoms with Crippen molar-refractivity contribution in [1.82, 2.24) is 10.6 Å². The van der Waals surface area contributed by atoms with Crippen LogP contribution in [-0.4, -0.2) is 44.5 Å². The van der Waals surface area contributed by atoms with Gasteiger partial charge < -0.3 is 10.6 Å². The number of nitrogens with one attached hydrogen (secondary N) is 2. The van der Waals surface area contributed by atoms with E-state index in [1.807, 2.05) is 6.92 Å². The Labute approximate surface area is 130 Å². The van der Waals surface area contributed by atoms with Crippen molar-refractivity contribution < 1.29 is 8.42 Å². The number of unbranched alkanes of at least 4 members (excludes halogenated alkanes) is 3. The fourth-order valence-corrected chi connectivity index (χ4v) is 2.66. The minimum absolute atomic E-state index is 0.122. The van der Waals surface area contributed by atoms with Gasteiger partial charge in [0.05, 0.1) is 10.5 Å². The van der Waals surface area contributed by atoms with Gasteiger partial charge in [0, 0.05) is 19.6 Å². The Kier molecular flexibility index (Phi) is 9.66. The molecule has 0 unspecified atom stereocenters. The highest BCUT2D eigenvalue weighted by Gasteiger charge is 2.28. The SMILES string of the molecule is CCCCCCN=C(NCC)NCCS(=O)(=O)C(C)(C)C. The van der Waals surface area contributed by atoms with E-state index in [0.717, 1.165) is 19.5 Å². The van der Waals surface area contributed by atoms with Crippen LogP contribution >= 0.6 is 0 Å². The van der Waals surface area contributed by atoms with Gasteiger partial charge in [0.25, 0.3) is 0 Å². The van der Waals surface area contributed by atoms with Crippen molar-refractivity contribution in [3.63, 3.8) is 0 Å². The van der Waals surface area contributed by atoms with Gasteiger partial charge in [0.1, 0.15) is 0 Å². The van der Waals surface area contributed by atoms with Crippen molar-refractivity contribution in [2.45, 2.75) is 65.0 Å². The summed E-state index contributed by atoms with van der Waals surface area (Å²) in [7, 11) is -3.09. The molecular weight excluding hydrogens is 286 g/mol. The van der Waals surface area contributed by atoms with Crippen LogP contribution in [0.5, 0.6) is 0 Å². The van der Waals surface area contributed by atoms with Crippen molar-refractivity contribution in [2.75, 3.05) is 25.4 Å². The van der Waals surface area contributed by atoms with Gasteiger partial charge >= 0.3 is 0 Å². The van der Waals surface area contributed by atoms with E-state index in [2.05, 4.69) is 22.5 Å². The predicted molar refractivity (Wildman–Crippen MR) is 91.7 cm³/mol. The predicted octanol–water partition coefficient (Wildman–Crippen LogP) is 2.34. The molecule has 0 heterocycles. The number of hydrogen-bond donors (Lipinski definition) is 2. The highest BCUT2D eigenvalue weighted by molar-refractivity contribution is 7.92. The van der Waals surface area contributed by atoms with E-state index in [-0.39, 0.29) is 5.75 Å². The molecule has 0 saturated carbocycles. The lowest BCUT2D eigenvalue weighted by Crippen LogP contribution is -2.41. The Hall–Kier alpha value is -0.780. The lowest BCUT2D eigenvalue weighted by molar-refractivity contribution is 0.559. The number of nitrogens with zero attached hydrogens (tertiary/aromatic N) is 1. The van der Waals surface area contributed by atoms with Crippen LogP contribution in [0.25, 0.3) is 0 Å². The second kappa shape index (κ2) is 10.0. The van der Waals surface area contributed by atoms with E-state index < -0.39 is 14.6 Å². The summed E-state index contributed by atoms with van der Waals surface area (Å²) in [4.78, 5) is 4.47. The molecule has 5 nitrogen and oxygen atoms in total. The molecule has 0 fully saturated rings. The third-order valence-electron chi connectivity index (χ3n) is 3.22. The summed E-state index contributed by atoms with van der Waals surface area (Å²) >= 11 is 0. The van der Waals surface area contributed by atoms with E-state index in [9.17, 15) is 8.42 Å². The third kappa shape index (κ3) is 8.96. The van der Waals surface area contributed by atoms with Crippen LogP contribution in [0.15, 0.2) is 4.99 Å². The molecule has 0 bridgehead atoms. The Bertz CT molecular complexity index is 398. The van der Waals surface area contributed by atoms with E-state index in [1.165, 1.54) is 19.3 Å². The molecule has 0 aromatic heterocycles. The molecule has 126 valence electrons. The van der Waals surface area contributed by atoms with E-state index >= 15 is 0 Å². The molecule has 0 saturated heterocycles. The van der Waals surface area contributed by atoms with Crippen LogP contribution < -0.4 is 10.6 Å². The number of rotatable bonds is 9. The minimum atomic E-state index is -3.09. The fourth-order valence-electron chi connectivity index (χ4n) is 1.68. The Balaban J connectivity index is 4.24. The normalized spacial score (nSPS) is 13.3. The minimum Gasteiger partial charge on any atom is -0.357 e. The van der Waals surface area contributed by atoms with E-state index in [4.69, 9.17) is 0 Å². The van der Waals surface area contributed by atoms with Crippen LogP contribution in [0.2, 0.25) is 0 Å². The molecule has 0 aliphatic carbocycles. The average molecular weight is 320 g/mol. The summed E-state index contributed by atoms with van der Waals surface area (Å²) < 4.78 is 23.3. The first-order valence-electron chi connectivity index (χ1n) is 7.99. The van der Waals surface area contributed by atoms with Crippen molar-refractivity contribution in [2.24, 2.45) is 4.99 Å². The molecule has 0 aromatic carbocycles. The molecule has 0 aromatic rings. The zero-order valence-electron chi connectivity index (χ0n) is 14.3. The van der Waals surface area contributed by atoms with Gasteiger partial charge in [-0.1, -0.05) is 26.2 Å². The highest BCUT2D eigenvalue weighted by atomic mass is 32.2. The summed E-state index contributed by atoms with van der Waals surface area (Å²) in [5.41, 5.74) is 0. The van der Waals surface area contributed by atoms with Crippen LogP contribution in [0.1, 0.15) is 60.3 Å². The van der Waals surface area contributed by atoms with Crippen LogP contribution in [0.3, 0.4) is 0 Å². The molecular formula is C15H33N3O2S. The van der Waals surface area contributed by atoms with Gasteiger partial charge in [-0.25, -0.2) is 8.42 Å². The third-order valence-corrected chi connectivity index (χ3v) is 5.83. The number of hydrogen-bond acceptors (Lipinski definition) is 3. The second-order valence-electron chi connectivity index (χ2n) is 6.18. The van der Waals surface area contributed by atoms with Crippen LogP contribution in [0.4, 0.5) is 0 Å². The zero-order valence-corrected chi connectivity index (χ0v) is 15.1.